The third-order valence-electron chi connectivity index (χ3n) is 3.08. The number of carbonyl (C=O) groups is 1. The van der Waals surface area contributed by atoms with E-state index in [0.717, 1.165) is 16.6 Å². The van der Waals surface area contributed by atoms with Crippen LogP contribution >= 0.6 is 0 Å². The van der Waals surface area contributed by atoms with Gasteiger partial charge >= 0.3 is 0 Å². The van der Waals surface area contributed by atoms with E-state index < -0.39 is 5.91 Å². The molecule has 1 aromatic carbocycles. The third-order valence-corrected chi connectivity index (χ3v) is 3.08. The van der Waals surface area contributed by atoms with E-state index in [9.17, 15) is 4.79 Å². The van der Waals surface area contributed by atoms with Crippen LogP contribution in [0.25, 0.3) is 10.9 Å². The van der Waals surface area contributed by atoms with Crippen molar-refractivity contribution in [3.8, 4) is 0 Å². The Morgan fingerprint density at radius 2 is 1.95 bits per heavy atom. The number of amides is 1. The fraction of sp³-hybridized carbons (Fsp3) is 0. The summed E-state index contributed by atoms with van der Waals surface area (Å²) in [5, 5.41) is 4.06. The Hall–Kier alpha value is -3.15. The Kier molecular flexibility index (Phi) is 3.12. The summed E-state index contributed by atoms with van der Waals surface area (Å²) in [5.41, 5.74) is 13.4. The Morgan fingerprint density at radius 3 is 2.76 bits per heavy atom. The van der Waals surface area contributed by atoms with Crippen molar-refractivity contribution in [2.24, 2.45) is 5.73 Å². The number of hydrogen-bond acceptors (Lipinski definition) is 5. The number of aromatic nitrogens is 2. The maximum atomic E-state index is 11.2. The molecule has 6 nitrogen and oxygen atoms in total. The molecule has 1 amide bonds. The second-order valence-corrected chi connectivity index (χ2v) is 4.50. The molecule has 0 aliphatic heterocycles. The number of primary amides is 1. The van der Waals surface area contributed by atoms with E-state index in [1.807, 2.05) is 30.3 Å². The average Bonchev–Trinajstić information content (AvgIpc) is 2.49. The fourth-order valence-electron chi connectivity index (χ4n) is 2.05. The fourth-order valence-corrected chi connectivity index (χ4v) is 2.05. The molecule has 0 fully saturated rings. The standard InChI is InChI=1S/C15H13N5O/c16-10-6-7-13(14(17)21)20-15(10)19-12-5-1-4-11-9(12)3-2-8-18-11/h1-8H,16H2,(H2,17,21)(H,19,20). The topological polar surface area (TPSA) is 107 Å². The van der Waals surface area contributed by atoms with Crippen molar-refractivity contribution in [3.63, 3.8) is 0 Å². The Bertz CT molecular complexity index is 826. The lowest BCUT2D eigenvalue weighted by atomic mass is 10.2. The van der Waals surface area contributed by atoms with E-state index in [2.05, 4.69) is 15.3 Å². The summed E-state index contributed by atoms with van der Waals surface area (Å²) in [6.07, 6.45) is 1.73. The number of benzene rings is 1. The normalized spacial score (nSPS) is 10.5. The Morgan fingerprint density at radius 1 is 1.10 bits per heavy atom. The van der Waals surface area contributed by atoms with Crippen LogP contribution in [0, 0.1) is 0 Å². The molecule has 0 unspecified atom stereocenters. The van der Waals surface area contributed by atoms with Gasteiger partial charge in [0, 0.05) is 17.3 Å². The van der Waals surface area contributed by atoms with Gasteiger partial charge in [0.2, 0.25) is 0 Å². The van der Waals surface area contributed by atoms with Gasteiger partial charge in [-0.1, -0.05) is 6.07 Å². The maximum Gasteiger partial charge on any atom is 0.267 e. The van der Waals surface area contributed by atoms with Crippen molar-refractivity contribution in [3.05, 3.63) is 54.4 Å². The summed E-state index contributed by atoms with van der Waals surface area (Å²) >= 11 is 0. The van der Waals surface area contributed by atoms with E-state index in [0.29, 0.717) is 11.5 Å². The van der Waals surface area contributed by atoms with Gasteiger partial charge in [-0.15, -0.1) is 0 Å². The van der Waals surface area contributed by atoms with Crippen molar-refractivity contribution in [1.29, 1.82) is 0 Å². The maximum absolute atomic E-state index is 11.2. The minimum atomic E-state index is -0.599. The van der Waals surface area contributed by atoms with Crippen LogP contribution in [0.15, 0.2) is 48.7 Å². The summed E-state index contributed by atoms with van der Waals surface area (Å²) < 4.78 is 0. The summed E-state index contributed by atoms with van der Waals surface area (Å²) in [5.74, 6) is -0.208. The summed E-state index contributed by atoms with van der Waals surface area (Å²) in [6, 6.07) is 12.6. The monoisotopic (exact) mass is 279 g/mol. The molecule has 6 heteroatoms. The van der Waals surface area contributed by atoms with Crippen LogP contribution in [-0.2, 0) is 0 Å². The molecule has 0 aliphatic rings. The lowest BCUT2D eigenvalue weighted by Crippen LogP contribution is -2.14. The van der Waals surface area contributed by atoms with Gasteiger partial charge in [-0.25, -0.2) is 4.98 Å². The number of nitrogens with zero attached hydrogens (tertiary/aromatic N) is 2. The van der Waals surface area contributed by atoms with Gasteiger partial charge in [0.15, 0.2) is 5.82 Å². The zero-order chi connectivity index (χ0) is 14.8. The molecule has 0 bridgehead atoms. The molecule has 2 aromatic heterocycles. The van der Waals surface area contributed by atoms with E-state index in [-0.39, 0.29) is 5.69 Å². The molecular formula is C15H13N5O. The molecule has 21 heavy (non-hydrogen) atoms. The number of hydrogen-bond donors (Lipinski definition) is 3. The minimum absolute atomic E-state index is 0.157. The van der Waals surface area contributed by atoms with Gasteiger partial charge in [0.1, 0.15) is 5.69 Å². The number of rotatable bonds is 3. The van der Waals surface area contributed by atoms with Crippen LogP contribution in [0.4, 0.5) is 17.2 Å². The molecule has 0 aliphatic carbocycles. The number of anilines is 3. The molecule has 0 saturated heterocycles. The largest absolute Gasteiger partial charge is 0.396 e. The molecule has 2 heterocycles. The van der Waals surface area contributed by atoms with Gasteiger partial charge in [0.05, 0.1) is 11.2 Å². The SMILES string of the molecule is NC(=O)c1ccc(N)c(Nc2cccc3ncccc23)n1. The van der Waals surface area contributed by atoms with Gasteiger partial charge in [-0.2, -0.15) is 0 Å². The second kappa shape index (κ2) is 5.09. The molecule has 104 valence electrons. The molecule has 3 aromatic rings. The first-order chi connectivity index (χ1) is 10.1. The highest BCUT2D eigenvalue weighted by Crippen LogP contribution is 2.27. The zero-order valence-corrected chi connectivity index (χ0v) is 11.1. The van der Waals surface area contributed by atoms with Crippen molar-refractivity contribution in [1.82, 2.24) is 9.97 Å². The summed E-state index contributed by atoms with van der Waals surface area (Å²) in [6.45, 7) is 0. The number of carbonyl (C=O) groups excluding carboxylic acids is 1. The molecule has 0 atom stereocenters. The van der Waals surface area contributed by atoms with E-state index in [4.69, 9.17) is 11.5 Å². The second-order valence-electron chi connectivity index (χ2n) is 4.50. The molecular weight excluding hydrogens is 266 g/mol. The van der Waals surface area contributed by atoms with Crippen molar-refractivity contribution < 1.29 is 4.79 Å². The Labute approximate surface area is 120 Å². The van der Waals surface area contributed by atoms with Crippen LogP contribution in [0.5, 0.6) is 0 Å². The number of pyridine rings is 2. The van der Waals surface area contributed by atoms with E-state index in [1.54, 1.807) is 12.3 Å². The summed E-state index contributed by atoms with van der Waals surface area (Å²) in [7, 11) is 0. The van der Waals surface area contributed by atoms with E-state index in [1.165, 1.54) is 6.07 Å². The van der Waals surface area contributed by atoms with Gasteiger partial charge < -0.3 is 16.8 Å². The predicted octanol–water partition coefficient (Wildman–Crippen LogP) is 2.05. The first kappa shape index (κ1) is 12.9. The number of nitrogens with one attached hydrogen (secondary N) is 1. The van der Waals surface area contributed by atoms with Crippen LogP contribution in [0.2, 0.25) is 0 Å². The zero-order valence-electron chi connectivity index (χ0n) is 11.1. The number of fused-ring (bicyclic) bond motifs is 1. The van der Waals surface area contributed by atoms with Crippen LogP contribution in [-0.4, -0.2) is 15.9 Å². The highest BCUT2D eigenvalue weighted by Gasteiger charge is 2.09. The van der Waals surface area contributed by atoms with Crippen LogP contribution in [0.3, 0.4) is 0 Å². The summed E-state index contributed by atoms with van der Waals surface area (Å²) in [4.78, 5) is 19.6. The lowest BCUT2D eigenvalue weighted by Gasteiger charge is -2.11. The predicted molar refractivity (Wildman–Crippen MR) is 82.2 cm³/mol. The first-order valence-corrected chi connectivity index (χ1v) is 6.32. The lowest BCUT2D eigenvalue weighted by molar-refractivity contribution is 0.0996. The van der Waals surface area contributed by atoms with Crippen LogP contribution < -0.4 is 16.8 Å². The van der Waals surface area contributed by atoms with Crippen molar-refractivity contribution >= 4 is 34.0 Å². The minimum Gasteiger partial charge on any atom is -0.396 e. The quantitative estimate of drug-likeness (QED) is 0.680. The van der Waals surface area contributed by atoms with Gasteiger partial charge in [0.25, 0.3) is 5.91 Å². The molecule has 0 saturated carbocycles. The number of nitrogens with two attached hydrogens (primary N) is 2. The smallest absolute Gasteiger partial charge is 0.267 e. The highest BCUT2D eigenvalue weighted by atomic mass is 16.1. The highest BCUT2D eigenvalue weighted by molar-refractivity contribution is 5.95. The molecule has 3 rings (SSSR count). The first-order valence-electron chi connectivity index (χ1n) is 6.32. The van der Waals surface area contributed by atoms with Crippen LogP contribution in [0.1, 0.15) is 10.5 Å². The molecule has 0 radical (unpaired) electrons. The van der Waals surface area contributed by atoms with Crippen molar-refractivity contribution in [2.75, 3.05) is 11.1 Å². The van der Waals surface area contributed by atoms with Gasteiger partial charge in [-0.05, 0) is 36.4 Å². The van der Waals surface area contributed by atoms with Crippen molar-refractivity contribution in [2.45, 2.75) is 0 Å². The van der Waals surface area contributed by atoms with E-state index >= 15 is 0 Å². The molecule has 5 N–H and O–H groups in total. The average molecular weight is 279 g/mol. The Balaban J connectivity index is 2.06. The molecule has 0 spiro atoms. The number of nitrogen functional groups attached to an aromatic ring is 1. The van der Waals surface area contributed by atoms with Gasteiger partial charge in [-0.3, -0.25) is 9.78 Å². The third kappa shape index (κ3) is 2.46.